The number of ether oxygens (including phenoxy) is 1. The van der Waals surface area contributed by atoms with Crippen molar-refractivity contribution in [1.29, 1.82) is 0 Å². The molecule has 1 aliphatic heterocycles. The van der Waals surface area contributed by atoms with Crippen molar-refractivity contribution in [3.63, 3.8) is 0 Å². The van der Waals surface area contributed by atoms with Crippen LogP contribution in [0.5, 0.6) is 0 Å². The fourth-order valence-electron chi connectivity index (χ4n) is 3.00. The van der Waals surface area contributed by atoms with Crippen LogP contribution in [0.4, 0.5) is 0 Å². The summed E-state index contributed by atoms with van der Waals surface area (Å²) in [6.45, 7) is 5.37. The molecule has 1 aromatic carbocycles. The number of thiophene rings is 1. The van der Waals surface area contributed by atoms with Gasteiger partial charge in [-0.1, -0.05) is 24.3 Å². The van der Waals surface area contributed by atoms with E-state index in [-0.39, 0.29) is 18.1 Å². The Morgan fingerprint density at radius 3 is 2.59 bits per heavy atom. The van der Waals surface area contributed by atoms with Crippen molar-refractivity contribution in [2.45, 2.75) is 32.5 Å². The zero-order valence-electron chi connectivity index (χ0n) is 13.0. The van der Waals surface area contributed by atoms with Gasteiger partial charge < -0.3 is 9.64 Å². The number of benzene rings is 1. The molecule has 1 aliphatic rings. The molecular formula is C18H21NO2S. The lowest BCUT2D eigenvalue weighted by Crippen LogP contribution is -2.48. The maximum atomic E-state index is 12.9. The SMILES string of the molecule is CC1CN(C(=O)c2ccccc2Cc2cccs2)CC(C)O1. The van der Waals surface area contributed by atoms with Gasteiger partial charge in [-0.25, -0.2) is 0 Å². The van der Waals surface area contributed by atoms with E-state index in [1.807, 2.05) is 36.9 Å². The van der Waals surface area contributed by atoms with Crippen molar-refractivity contribution in [3.8, 4) is 0 Å². The topological polar surface area (TPSA) is 29.5 Å². The van der Waals surface area contributed by atoms with E-state index in [1.165, 1.54) is 4.88 Å². The Morgan fingerprint density at radius 1 is 1.18 bits per heavy atom. The lowest BCUT2D eigenvalue weighted by molar-refractivity contribution is -0.0586. The van der Waals surface area contributed by atoms with Gasteiger partial charge in [0.15, 0.2) is 0 Å². The molecule has 3 rings (SSSR count). The smallest absolute Gasteiger partial charge is 0.254 e. The lowest BCUT2D eigenvalue weighted by Gasteiger charge is -2.35. The third kappa shape index (κ3) is 3.39. The molecule has 0 saturated carbocycles. The summed E-state index contributed by atoms with van der Waals surface area (Å²) in [7, 11) is 0. The highest BCUT2D eigenvalue weighted by Crippen LogP contribution is 2.21. The number of morpholine rings is 1. The summed E-state index contributed by atoms with van der Waals surface area (Å²) >= 11 is 1.73. The maximum Gasteiger partial charge on any atom is 0.254 e. The van der Waals surface area contributed by atoms with Crippen molar-refractivity contribution >= 4 is 17.2 Å². The van der Waals surface area contributed by atoms with Crippen LogP contribution in [0.2, 0.25) is 0 Å². The average Bonchev–Trinajstić information content (AvgIpc) is 2.99. The van der Waals surface area contributed by atoms with Crippen molar-refractivity contribution in [2.75, 3.05) is 13.1 Å². The number of rotatable bonds is 3. The van der Waals surface area contributed by atoms with Gasteiger partial charge in [-0.15, -0.1) is 11.3 Å². The van der Waals surface area contributed by atoms with E-state index in [0.717, 1.165) is 17.5 Å². The van der Waals surface area contributed by atoms with Crippen molar-refractivity contribution in [2.24, 2.45) is 0 Å². The summed E-state index contributed by atoms with van der Waals surface area (Å²) in [5.41, 5.74) is 1.92. The molecule has 2 atom stereocenters. The molecule has 1 amide bonds. The zero-order chi connectivity index (χ0) is 15.5. The Bertz CT molecular complexity index is 628. The monoisotopic (exact) mass is 315 g/mol. The maximum absolute atomic E-state index is 12.9. The van der Waals surface area contributed by atoms with Crippen LogP contribution >= 0.6 is 11.3 Å². The largest absolute Gasteiger partial charge is 0.372 e. The molecule has 116 valence electrons. The summed E-state index contributed by atoms with van der Waals surface area (Å²) in [6.07, 6.45) is 1.00. The summed E-state index contributed by atoms with van der Waals surface area (Å²) in [4.78, 5) is 16.1. The fourth-order valence-corrected chi connectivity index (χ4v) is 3.73. The Labute approximate surface area is 135 Å². The van der Waals surface area contributed by atoms with E-state index in [2.05, 4.69) is 23.6 Å². The van der Waals surface area contributed by atoms with Crippen molar-refractivity contribution < 1.29 is 9.53 Å². The van der Waals surface area contributed by atoms with Crippen molar-refractivity contribution in [3.05, 3.63) is 57.8 Å². The van der Waals surface area contributed by atoms with Crippen LogP contribution in [0, 0.1) is 0 Å². The summed E-state index contributed by atoms with van der Waals surface area (Å²) < 4.78 is 5.73. The molecule has 2 heterocycles. The minimum absolute atomic E-state index is 0.0946. The van der Waals surface area contributed by atoms with Crippen LogP contribution in [0.3, 0.4) is 0 Å². The highest BCUT2D eigenvalue weighted by Gasteiger charge is 2.27. The molecule has 1 aromatic heterocycles. The van der Waals surface area contributed by atoms with Crippen LogP contribution < -0.4 is 0 Å². The molecule has 0 bridgehead atoms. The minimum atomic E-state index is 0.0946. The average molecular weight is 315 g/mol. The molecule has 1 fully saturated rings. The molecule has 1 saturated heterocycles. The molecule has 2 unspecified atom stereocenters. The lowest BCUT2D eigenvalue weighted by atomic mass is 10.0. The third-order valence-electron chi connectivity index (χ3n) is 3.90. The minimum Gasteiger partial charge on any atom is -0.372 e. The van der Waals surface area contributed by atoms with Gasteiger partial charge >= 0.3 is 0 Å². The van der Waals surface area contributed by atoms with Crippen LogP contribution in [0.25, 0.3) is 0 Å². The molecule has 0 radical (unpaired) electrons. The number of amides is 1. The number of hydrogen-bond acceptors (Lipinski definition) is 3. The fraction of sp³-hybridized carbons (Fsp3) is 0.389. The first-order valence-electron chi connectivity index (χ1n) is 7.68. The molecule has 3 nitrogen and oxygen atoms in total. The van der Waals surface area contributed by atoms with Gasteiger partial charge in [0.05, 0.1) is 12.2 Å². The van der Waals surface area contributed by atoms with Crippen LogP contribution in [0.15, 0.2) is 41.8 Å². The Balaban J connectivity index is 1.83. The molecular weight excluding hydrogens is 294 g/mol. The van der Waals surface area contributed by atoms with Crippen molar-refractivity contribution in [1.82, 2.24) is 4.90 Å². The van der Waals surface area contributed by atoms with Gasteiger partial charge in [-0.05, 0) is 36.9 Å². The summed E-state index contributed by atoms with van der Waals surface area (Å²) in [5, 5.41) is 2.07. The van der Waals surface area contributed by atoms with Gasteiger partial charge in [-0.3, -0.25) is 4.79 Å². The standard InChI is InChI=1S/C18H21NO2S/c1-13-11-19(12-14(2)21-13)18(20)17-8-4-3-6-15(17)10-16-7-5-9-22-16/h3-9,13-14H,10-12H2,1-2H3. The highest BCUT2D eigenvalue weighted by molar-refractivity contribution is 7.09. The molecule has 0 aliphatic carbocycles. The number of carbonyl (C=O) groups excluding carboxylic acids is 1. The Morgan fingerprint density at radius 2 is 1.91 bits per heavy atom. The van der Waals surface area contributed by atoms with E-state index in [0.29, 0.717) is 13.1 Å². The van der Waals surface area contributed by atoms with Gasteiger partial charge in [0.25, 0.3) is 5.91 Å². The number of nitrogens with zero attached hydrogens (tertiary/aromatic N) is 1. The van der Waals surface area contributed by atoms with E-state index in [9.17, 15) is 4.79 Å². The normalized spacial score (nSPS) is 21.8. The first-order chi connectivity index (χ1) is 10.6. The van der Waals surface area contributed by atoms with Crippen LogP contribution in [-0.4, -0.2) is 36.1 Å². The molecule has 2 aromatic rings. The number of carbonyl (C=O) groups is 1. The molecule has 4 heteroatoms. The van der Waals surface area contributed by atoms with E-state index in [1.54, 1.807) is 11.3 Å². The predicted molar refractivity (Wildman–Crippen MR) is 89.5 cm³/mol. The second-order valence-electron chi connectivity index (χ2n) is 5.88. The highest BCUT2D eigenvalue weighted by atomic mass is 32.1. The quantitative estimate of drug-likeness (QED) is 0.866. The van der Waals surface area contributed by atoms with E-state index in [4.69, 9.17) is 4.74 Å². The van der Waals surface area contributed by atoms with Crippen LogP contribution in [-0.2, 0) is 11.2 Å². The summed E-state index contributed by atoms with van der Waals surface area (Å²) in [6, 6.07) is 12.1. The second kappa shape index (κ2) is 6.63. The third-order valence-corrected chi connectivity index (χ3v) is 4.78. The van der Waals surface area contributed by atoms with Crippen LogP contribution in [0.1, 0.15) is 34.6 Å². The van der Waals surface area contributed by atoms with E-state index >= 15 is 0 Å². The van der Waals surface area contributed by atoms with Gasteiger partial charge in [0.2, 0.25) is 0 Å². The zero-order valence-corrected chi connectivity index (χ0v) is 13.8. The first kappa shape index (κ1) is 15.3. The number of hydrogen-bond donors (Lipinski definition) is 0. The predicted octanol–water partition coefficient (Wildman–Crippen LogP) is 3.59. The second-order valence-corrected chi connectivity index (χ2v) is 6.91. The Kier molecular flexibility index (Phi) is 4.60. The van der Waals surface area contributed by atoms with Gasteiger partial charge in [-0.2, -0.15) is 0 Å². The Hall–Kier alpha value is -1.65. The first-order valence-corrected chi connectivity index (χ1v) is 8.56. The van der Waals surface area contributed by atoms with E-state index < -0.39 is 0 Å². The molecule has 0 spiro atoms. The van der Waals surface area contributed by atoms with Gasteiger partial charge in [0.1, 0.15) is 0 Å². The summed E-state index contributed by atoms with van der Waals surface area (Å²) in [5.74, 6) is 0.120. The molecule has 22 heavy (non-hydrogen) atoms. The molecule has 0 N–H and O–H groups in total. The van der Waals surface area contributed by atoms with Gasteiger partial charge in [0, 0.05) is 30.0 Å².